The van der Waals surface area contributed by atoms with Crippen molar-refractivity contribution in [3.05, 3.63) is 0 Å². The molecular weight excluding hydrogens is 190 g/mol. The molecule has 1 aliphatic carbocycles. The molecule has 1 saturated heterocycles. The fourth-order valence-electron chi connectivity index (χ4n) is 2.78. The first-order valence-corrected chi connectivity index (χ1v) is 5.93. The lowest BCUT2D eigenvalue weighted by Gasteiger charge is -2.22. The van der Waals surface area contributed by atoms with Gasteiger partial charge < -0.3 is 9.47 Å². The summed E-state index contributed by atoms with van der Waals surface area (Å²) in [7, 11) is 3.64. The molecule has 2 unspecified atom stereocenters. The van der Waals surface area contributed by atoms with Gasteiger partial charge in [-0.15, -0.1) is 0 Å². The van der Waals surface area contributed by atoms with Crippen molar-refractivity contribution in [1.29, 1.82) is 0 Å². The zero-order valence-corrected chi connectivity index (χ0v) is 10.2. The van der Waals surface area contributed by atoms with Crippen molar-refractivity contribution >= 4 is 0 Å². The van der Waals surface area contributed by atoms with E-state index in [1.807, 2.05) is 14.2 Å². The summed E-state index contributed by atoms with van der Waals surface area (Å²) in [5.74, 6) is 0.674. The lowest BCUT2D eigenvalue weighted by atomic mass is 10.1. The molecule has 3 nitrogen and oxygen atoms in total. The summed E-state index contributed by atoms with van der Waals surface area (Å²) in [4.78, 5) is 2.55. The van der Waals surface area contributed by atoms with Crippen LogP contribution in [0.3, 0.4) is 0 Å². The first-order chi connectivity index (χ1) is 7.19. The summed E-state index contributed by atoms with van der Waals surface area (Å²) in [6.07, 6.45) is 3.11. The molecule has 0 amide bonds. The van der Waals surface area contributed by atoms with Crippen LogP contribution >= 0.6 is 0 Å². The molecule has 15 heavy (non-hydrogen) atoms. The van der Waals surface area contributed by atoms with E-state index in [-0.39, 0.29) is 0 Å². The van der Waals surface area contributed by atoms with E-state index in [4.69, 9.17) is 9.47 Å². The molecule has 0 bridgehead atoms. The summed E-state index contributed by atoms with van der Waals surface area (Å²) in [6, 6.07) is 0. The third-order valence-corrected chi connectivity index (χ3v) is 3.89. The molecule has 2 atom stereocenters. The highest BCUT2D eigenvalue weighted by molar-refractivity contribution is 4.97. The minimum atomic E-state index is 0.434. The Labute approximate surface area is 92.7 Å². The maximum atomic E-state index is 5.48. The fourth-order valence-corrected chi connectivity index (χ4v) is 2.78. The fraction of sp³-hybridized carbons (Fsp3) is 1.00. The van der Waals surface area contributed by atoms with Gasteiger partial charge in [0.05, 0.1) is 12.7 Å². The van der Waals surface area contributed by atoms with Gasteiger partial charge in [-0.25, -0.2) is 0 Å². The number of hydrogen-bond acceptors (Lipinski definition) is 3. The minimum Gasteiger partial charge on any atom is -0.384 e. The van der Waals surface area contributed by atoms with Crippen LogP contribution in [-0.2, 0) is 9.47 Å². The van der Waals surface area contributed by atoms with Gasteiger partial charge in [-0.3, -0.25) is 4.90 Å². The lowest BCUT2D eigenvalue weighted by molar-refractivity contribution is 0.0774. The highest BCUT2D eigenvalue weighted by Gasteiger charge is 2.45. The monoisotopic (exact) mass is 213 g/mol. The van der Waals surface area contributed by atoms with E-state index in [9.17, 15) is 0 Å². The number of methoxy groups -OCH3 is 2. The molecule has 2 rings (SSSR count). The molecule has 2 aliphatic rings. The van der Waals surface area contributed by atoms with Crippen LogP contribution in [0.4, 0.5) is 0 Å². The zero-order valence-electron chi connectivity index (χ0n) is 10.2. The minimum absolute atomic E-state index is 0.434. The Bertz CT molecular complexity index is 216. The number of hydrogen-bond donors (Lipinski definition) is 0. The summed E-state index contributed by atoms with van der Waals surface area (Å²) in [6.45, 7) is 6.69. The average molecular weight is 213 g/mol. The van der Waals surface area contributed by atoms with Crippen molar-refractivity contribution in [3.63, 3.8) is 0 Å². The van der Waals surface area contributed by atoms with Crippen molar-refractivity contribution < 1.29 is 9.47 Å². The summed E-state index contributed by atoms with van der Waals surface area (Å²) < 4.78 is 10.8. The van der Waals surface area contributed by atoms with Crippen molar-refractivity contribution in [2.75, 3.05) is 40.5 Å². The van der Waals surface area contributed by atoms with Crippen LogP contribution in [0.1, 0.15) is 19.8 Å². The standard InChI is InChI=1S/C12H23NO2/c1-10-6-13(7-11(10)15-3)8-12(4-5-12)9-14-2/h10-11H,4-9H2,1-3H3. The van der Waals surface area contributed by atoms with Crippen LogP contribution < -0.4 is 0 Å². The first-order valence-electron chi connectivity index (χ1n) is 5.93. The highest BCUT2D eigenvalue weighted by atomic mass is 16.5. The van der Waals surface area contributed by atoms with Gasteiger partial charge in [0.25, 0.3) is 0 Å². The number of nitrogens with zero attached hydrogens (tertiary/aromatic N) is 1. The molecule has 0 aromatic heterocycles. The largest absolute Gasteiger partial charge is 0.384 e. The Hall–Kier alpha value is -0.120. The normalized spacial score (nSPS) is 34.6. The number of likely N-dealkylation sites (tertiary alicyclic amines) is 1. The predicted molar refractivity (Wildman–Crippen MR) is 59.9 cm³/mol. The third-order valence-electron chi connectivity index (χ3n) is 3.89. The highest BCUT2D eigenvalue weighted by Crippen LogP contribution is 2.47. The van der Waals surface area contributed by atoms with E-state index in [2.05, 4.69) is 11.8 Å². The van der Waals surface area contributed by atoms with Gasteiger partial charge in [-0.05, 0) is 18.8 Å². The van der Waals surface area contributed by atoms with Crippen LogP contribution in [-0.4, -0.2) is 51.5 Å². The van der Waals surface area contributed by atoms with Gasteiger partial charge in [0.15, 0.2) is 0 Å². The Kier molecular flexibility index (Phi) is 3.33. The molecule has 0 aromatic rings. The maximum absolute atomic E-state index is 5.48. The molecule has 0 N–H and O–H groups in total. The molecule has 3 heteroatoms. The van der Waals surface area contributed by atoms with Crippen molar-refractivity contribution in [3.8, 4) is 0 Å². The second-order valence-corrected chi connectivity index (χ2v) is 5.38. The lowest BCUT2D eigenvalue weighted by Crippen LogP contribution is -2.31. The Morgan fingerprint density at radius 3 is 2.47 bits per heavy atom. The van der Waals surface area contributed by atoms with E-state index >= 15 is 0 Å². The van der Waals surface area contributed by atoms with Gasteiger partial charge in [0.2, 0.25) is 0 Å². The molecule has 2 fully saturated rings. The van der Waals surface area contributed by atoms with Crippen molar-refractivity contribution in [2.24, 2.45) is 11.3 Å². The molecule has 1 heterocycles. The summed E-state index contributed by atoms with van der Waals surface area (Å²) >= 11 is 0. The van der Waals surface area contributed by atoms with Crippen molar-refractivity contribution in [1.82, 2.24) is 4.90 Å². The Morgan fingerprint density at radius 1 is 1.27 bits per heavy atom. The predicted octanol–water partition coefficient (Wildman–Crippen LogP) is 1.38. The molecule has 88 valence electrons. The van der Waals surface area contributed by atoms with Crippen LogP contribution in [0.2, 0.25) is 0 Å². The van der Waals surface area contributed by atoms with Crippen LogP contribution in [0.25, 0.3) is 0 Å². The number of ether oxygens (including phenoxy) is 2. The summed E-state index contributed by atoms with van der Waals surface area (Å²) in [5.41, 5.74) is 0.483. The van der Waals surface area contributed by atoms with Gasteiger partial charge >= 0.3 is 0 Å². The molecular formula is C12H23NO2. The Morgan fingerprint density at radius 2 is 2.00 bits per heavy atom. The first kappa shape index (κ1) is 11.4. The molecule has 1 aliphatic heterocycles. The molecule has 0 spiro atoms. The van der Waals surface area contributed by atoms with Crippen molar-refractivity contribution in [2.45, 2.75) is 25.9 Å². The SMILES string of the molecule is COCC1(CN2CC(C)C(OC)C2)CC1. The topological polar surface area (TPSA) is 21.7 Å². The molecule has 0 aromatic carbocycles. The average Bonchev–Trinajstić information content (AvgIpc) is 2.84. The van der Waals surface area contributed by atoms with Gasteiger partial charge in [0.1, 0.15) is 0 Å². The van der Waals surface area contributed by atoms with Gasteiger partial charge in [-0.1, -0.05) is 6.92 Å². The van der Waals surface area contributed by atoms with Crippen LogP contribution in [0.5, 0.6) is 0 Å². The van der Waals surface area contributed by atoms with Crippen LogP contribution in [0, 0.1) is 11.3 Å². The third kappa shape index (κ3) is 2.52. The zero-order chi connectivity index (χ0) is 10.9. The van der Waals surface area contributed by atoms with Gasteiger partial charge in [-0.2, -0.15) is 0 Å². The quantitative estimate of drug-likeness (QED) is 0.688. The van der Waals surface area contributed by atoms with E-state index in [0.29, 0.717) is 17.4 Å². The second-order valence-electron chi connectivity index (χ2n) is 5.38. The smallest absolute Gasteiger partial charge is 0.0735 e. The van der Waals surface area contributed by atoms with E-state index in [1.165, 1.54) is 25.9 Å². The maximum Gasteiger partial charge on any atom is 0.0735 e. The molecule has 0 radical (unpaired) electrons. The van der Waals surface area contributed by atoms with E-state index < -0.39 is 0 Å². The van der Waals surface area contributed by atoms with Gasteiger partial charge in [0, 0.05) is 39.3 Å². The molecule has 1 saturated carbocycles. The van der Waals surface area contributed by atoms with Crippen LogP contribution in [0.15, 0.2) is 0 Å². The van der Waals surface area contributed by atoms with E-state index in [1.54, 1.807) is 0 Å². The Balaban J connectivity index is 1.81. The summed E-state index contributed by atoms with van der Waals surface area (Å²) in [5, 5.41) is 0. The number of rotatable bonds is 5. The van der Waals surface area contributed by atoms with E-state index in [0.717, 1.165) is 13.2 Å². The second kappa shape index (κ2) is 4.40.